The SMILES string of the molecule is COc1cccc(-c2nnc(CNC3CC3)o2)c1OC. The minimum atomic E-state index is 0.438. The number of hydrogen-bond acceptors (Lipinski definition) is 6. The van der Waals surface area contributed by atoms with Crippen molar-refractivity contribution in [1.82, 2.24) is 15.5 Å². The monoisotopic (exact) mass is 275 g/mol. The number of para-hydroxylation sites is 1. The molecule has 106 valence electrons. The van der Waals surface area contributed by atoms with Gasteiger partial charge in [-0.15, -0.1) is 10.2 Å². The summed E-state index contributed by atoms with van der Waals surface area (Å²) in [5.41, 5.74) is 0.733. The quantitative estimate of drug-likeness (QED) is 0.869. The van der Waals surface area contributed by atoms with Gasteiger partial charge in [0.15, 0.2) is 11.5 Å². The van der Waals surface area contributed by atoms with E-state index in [4.69, 9.17) is 13.9 Å². The molecule has 20 heavy (non-hydrogen) atoms. The third-order valence-electron chi connectivity index (χ3n) is 3.22. The van der Waals surface area contributed by atoms with Gasteiger partial charge in [-0.3, -0.25) is 0 Å². The van der Waals surface area contributed by atoms with Crippen LogP contribution in [-0.2, 0) is 6.54 Å². The average molecular weight is 275 g/mol. The highest BCUT2D eigenvalue weighted by molar-refractivity contribution is 5.67. The number of nitrogens with one attached hydrogen (secondary N) is 1. The predicted molar refractivity (Wildman–Crippen MR) is 72.7 cm³/mol. The molecule has 0 atom stereocenters. The molecular formula is C14H17N3O3. The molecule has 0 amide bonds. The van der Waals surface area contributed by atoms with Gasteiger partial charge in [0.2, 0.25) is 5.89 Å². The molecule has 3 rings (SSSR count). The predicted octanol–water partition coefficient (Wildman–Crippen LogP) is 2.01. The van der Waals surface area contributed by atoms with Crippen LogP contribution >= 0.6 is 0 Å². The minimum Gasteiger partial charge on any atom is -0.493 e. The van der Waals surface area contributed by atoms with E-state index in [-0.39, 0.29) is 0 Å². The number of benzene rings is 1. The van der Waals surface area contributed by atoms with Gasteiger partial charge < -0.3 is 19.2 Å². The van der Waals surface area contributed by atoms with Crippen molar-refractivity contribution in [2.75, 3.05) is 14.2 Å². The van der Waals surface area contributed by atoms with E-state index < -0.39 is 0 Å². The van der Waals surface area contributed by atoms with Crippen LogP contribution in [0.5, 0.6) is 11.5 Å². The summed E-state index contributed by atoms with van der Waals surface area (Å²) in [7, 11) is 3.19. The second-order valence-corrected chi connectivity index (χ2v) is 4.70. The Morgan fingerprint density at radius 1 is 1.25 bits per heavy atom. The molecule has 2 aromatic rings. The van der Waals surface area contributed by atoms with Crippen LogP contribution in [0.4, 0.5) is 0 Å². The molecule has 0 unspecified atom stereocenters. The molecule has 1 aliphatic carbocycles. The lowest BCUT2D eigenvalue weighted by Crippen LogP contribution is -2.15. The minimum absolute atomic E-state index is 0.438. The zero-order valence-corrected chi connectivity index (χ0v) is 11.5. The van der Waals surface area contributed by atoms with E-state index in [1.54, 1.807) is 14.2 Å². The van der Waals surface area contributed by atoms with Gasteiger partial charge in [0.25, 0.3) is 5.89 Å². The molecule has 1 fully saturated rings. The number of rotatable bonds is 6. The van der Waals surface area contributed by atoms with Crippen LogP contribution < -0.4 is 14.8 Å². The van der Waals surface area contributed by atoms with Crippen LogP contribution in [0, 0.1) is 0 Å². The first-order chi connectivity index (χ1) is 9.81. The van der Waals surface area contributed by atoms with Crippen molar-refractivity contribution in [2.24, 2.45) is 0 Å². The van der Waals surface area contributed by atoms with Crippen molar-refractivity contribution in [3.63, 3.8) is 0 Å². The van der Waals surface area contributed by atoms with Crippen molar-refractivity contribution in [3.05, 3.63) is 24.1 Å². The standard InChI is InChI=1S/C14H17N3O3/c1-18-11-5-3-4-10(13(11)19-2)14-17-16-12(20-14)8-15-9-6-7-9/h3-5,9,15H,6-8H2,1-2H3. The maximum absolute atomic E-state index is 5.67. The fourth-order valence-electron chi connectivity index (χ4n) is 2.01. The van der Waals surface area contributed by atoms with Gasteiger partial charge in [-0.25, -0.2) is 0 Å². The first kappa shape index (κ1) is 12.9. The normalized spacial score (nSPS) is 14.3. The molecule has 0 bridgehead atoms. The summed E-state index contributed by atoms with van der Waals surface area (Å²) in [5, 5.41) is 11.5. The van der Waals surface area contributed by atoms with E-state index in [9.17, 15) is 0 Å². The van der Waals surface area contributed by atoms with Crippen LogP contribution in [0.3, 0.4) is 0 Å². The fraction of sp³-hybridized carbons (Fsp3) is 0.429. The summed E-state index contributed by atoms with van der Waals surface area (Å²) >= 11 is 0. The van der Waals surface area contributed by atoms with E-state index >= 15 is 0 Å². The number of ether oxygens (including phenoxy) is 2. The van der Waals surface area contributed by atoms with Crippen LogP contribution in [-0.4, -0.2) is 30.5 Å². The molecule has 1 aromatic carbocycles. The van der Waals surface area contributed by atoms with Crippen molar-refractivity contribution in [1.29, 1.82) is 0 Å². The molecule has 6 heteroatoms. The third-order valence-corrected chi connectivity index (χ3v) is 3.22. The maximum Gasteiger partial charge on any atom is 0.251 e. The summed E-state index contributed by atoms with van der Waals surface area (Å²) in [6.45, 7) is 0.601. The Kier molecular flexibility index (Phi) is 3.56. The van der Waals surface area contributed by atoms with Gasteiger partial charge in [0.1, 0.15) is 0 Å². The molecule has 0 spiro atoms. The molecule has 1 N–H and O–H groups in total. The number of hydrogen-bond donors (Lipinski definition) is 1. The maximum atomic E-state index is 5.67. The number of aromatic nitrogens is 2. The van der Waals surface area contributed by atoms with E-state index in [0.29, 0.717) is 35.9 Å². The Balaban J connectivity index is 1.84. The summed E-state index contributed by atoms with van der Waals surface area (Å²) in [5.74, 6) is 2.26. The molecule has 1 aliphatic rings. The number of nitrogens with zero attached hydrogens (tertiary/aromatic N) is 2. The van der Waals surface area contributed by atoms with Gasteiger partial charge in [0, 0.05) is 6.04 Å². The first-order valence-electron chi connectivity index (χ1n) is 6.59. The lowest BCUT2D eigenvalue weighted by Gasteiger charge is -2.09. The van der Waals surface area contributed by atoms with E-state index in [1.807, 2.05) is 18.2 Å². The summed E-state index contributed by atoms with van der Waals surface area (Å²) < 4.78 is 16.3. The van der Waals surface area contributed by atoms with Crippen LogP contribution in [0.1, 0.15) is 18.7 Å². The molecule has 1 saturated carbocycles. The van der Waals surface area contributed by atoms with Crippen molar-refractivity contribution in [3.8, 4) is 23.0 Å². The second kappa shape index (κ2) is 5.50. The van der Waals surface area contributed by atoms with E-state index in [2.05, 4.69) is 15.5 Å². The smallest absolute Gasteiger partial charge is 0.251 e. The fourth-order valence-corrected chi connectivity index (χ4v) is 2.01. The van der Waals surface area contributed by atoms with Gasteiger partial charge in [0.05, 0.1) is 26.3 Å². The Bertz CT molecular complexity index is 593. The average Bonchev–Trinajstić information content (AvgIpc) is 3.21. The molecule has 1 aromatic heterocycles. The number of methoxy groups -OCH3 is 2. The van der Waals surface area contributed by atoms with Gasteiger partial charge in [-0.2, -0.15) is 0 Å². The Labute approximate surface area is 117 Å². The van der Waals surface area contributed by atoms with E-state index in [1.165, 1.54) is 12.8 Å². The Morgan fingerprint density at radius 2 is 2.10 bits per heavy atom. The molecule has 6 nitrogen and oxygen atoms in total. The lowest BCUT2D eigenvalue weighted by atomic mass is 10.2. The zero-order chi connectivity index (χ0) is 13.9. The summed E-state index contributed by atoms with van der Waals surface area (Å²) in [4.78, 5) is 0. The third kappa shape index (κ3) is 2.60. The molecule has 1 heterocycles. The van der Waals surface area contributed by atoms with Gasteiger partial charge in [-0.1, -0.05) is 6.07 Å². The van der Waals surface area contributed by atoms with Gasteiger partial charge >= 0.3 is 0 Å². The topological polar surface area (TPSA) is 69.4 Å². The van der Waals surface area contributed by atoms with Crippen molar-refractivity contribution < 1.29 is 13.9 Å². The Hall–Kier alpha value is -2.08. The highest BCUT2D eigenvalue weighted by atomic mass is 16.5. The van der Waals surface area contributed by atoms with Crippen LogP contribution in [0.2, 0.25) is 0 Å². The highest BCUT2D eigenvalue weighted by Gasteiger charge is 2.22. The zero-order valence-electron chi connectivity index (χ0n) is 11.5. The Morgan fingerprint density at radius 3 is 2.80 bits per heavy atom. The van der Waals surface area contributed by atoms with E-state index in [0.717, 1.165) is 5.56 Å². The van der Waals surface area contributed by atoms with Crippen molar-refractivity contribution in [2.45, 2.75) is 25.4 Å². The van der Waals surface area contributed by atoms with Crippen molar-refractivity contribution >= 4 is 0 Å². The molecule has 0 saturated heterocycles. The van der Waals surface area contributed by atoms with Crippen LogP contribution in [0.15, 0.2) is 22.6 Å². The molecule has 0 aliphatic heterocycles. The first-order valence-corrected chi connectivity index (χ1v) is 6.59. The molecule has 0 radical (unpaired) electrons. The van der Waals surface area contributed by atoms with Crippen LogP contribution in [0.25, 0.3) is 11.5 Å². The largest absolute Gasteiger partial charge is 0.493 e. The lowest BCUT2D eigenvalue weighted by molar-refractivity contribution is 0.355. The summed E-state index contributed by atoms with van der Waals surface area (Å²) in [6.07, 6.45) is 2.45. The second-order valence-electron chi connectivity index (χ2n) is 4.70. The van der Waals surface area contributed by atoms with Gasteiger partial charge in [-0.05, 0) is 25.0 Å². The summed E-state index contributed by atoms with van der Waals surface area (Å²) in [6, 6.07) is 6.17. The highest BCUT2D eigenvalue weighted by Crippen LogP contribution is 2.37. The molecular weight excluding hydrogens is 258 g/mol.